The zero-order valence-electron chi connectivity index (χ0n) is 2.63. The third kappa shape index (κ3) is 212. The van der Waals surface area contributed by atoms with E-state index in [-0.39, 0.29) is 0 Å². The molecule has 0 aliphatic heterocycles. The van der Waals surface area contributed by atoms with Gasteiger partial charge in [-0.15, -0.1) is 0 Å². The molecule has 0 aromatic carbocycles. The van der Waals surface area contributed by atoms with Crippen molar-refractivity contribution in [3.8, 4) is 0 Å². The van der Waals surface area contributed by atoms with Crippen LogP contribution in [-0.4, -0.2) is 0 Å². The van der Waals surface area contributed by atoms with Crippen LogP contribution in [0, 0.1) is 0 Å². The van der Waals surface area contributed by atoms with Gasteiger partial charge in [0.05, 0.1) is 0 Å². The van der Waals surface area contributed by atoms with Crippen LogP contribution in [0.3, 0.4) is 0 Å². The van der Waals surface area contributed by atoms with E-state index in [4.69, 9.17) is 19.3 Å². The molecule has 0 aromatic heterocycles. The van der Waals surface area contributed by atoms with E-state index >= 15 is 0 Å². The molecule has 0 saturated carbocycles. The molecule has 0 spiro atoms. The Labute approximate surface area is 33.4 Å². The fraction of sp³-hybridized carbons (Fsp3) is 0. The first kappa shape index (κ1) is 5.33. The van der Waals surface area contributed by atoms with E-state index in [1.54, 1.807) is 0 Å². The molecule has 0 aliphatic carbocycles. The summed E-state index contributed by atoms with van der Waals surface area (Å²) in [7, 11) is 0. The molecular formula is H8N4Ni. The number of hydrogen-bond donors (Lipinski definition) is 4. The van der Waals surface area contributed by atoms with Crippen molar-refractivity contribution in [2.75, 3.05) is 0 Å². The van der Waals surface area contributed by atoms with Crippen molar-refractivity contribution in [3.05, 3.63) is 0 Å². The maximum absolute atomic E-state index is 4.78. The Kier molecular flexibility index (Phi) is 1.28. The monoisotopic (exact) mass is 122 g/mol. The summed E-state index contributed by atoms with van der Waals surface area (Å²) in [6, 6.07) is 0. The van der Waals surface area contributed by atoms with Crippen molar-refractivity contribution >= 4 is 0 Å². The average molecular weight is 123 g/mol. The van der Waals surface area contributed by atoms with Crippen LogP contribution in [0.15, 0.2) is 0 Å². The minimum absolute atomic E-state index is 2.25. The van der Waals surface area contributed by atoms with Gasteiger partial charge in [0, 0.05) is 0 Å². The van der Waals surface area contributed by atoms with Gasteiger partial charge in [0.25, 0.3) is 0 Å². The summed E-state index contributed by atoms with van der Waals surface area (Å²) in [5.41, 5.74) is 0. The molecule has 5 heteroatoms. The fourth-order valence-electron chi connectivity index (χ4n) is 0. The molecule has 8 N–H and O–H groups in total. The fourth-order valence-corrected chi connectivity index (χ4v) is 0. The van der Waals surface area contributed by atoms with Crippen molar-refractivity contribution in [3.63, 3.8) is 0 Å². The average Bonchev–Trinajstić information content (AvgIpc) is 0.722. The molecule has 0 aliphatic rings. The van der Waals surface area contributed by atoms with Crippen molar-refractivity contribution in [2.24, 2.45) is 19.3 Å². The molecule has 0 amide bonds. The molecule has 0 rings (SSSR count). The normalized spacial score (nSPS) is 15.2. The van der Waals surface area contributed by atoms with E-state index in [1.165, 1.54) is 0 Å². The minimum atomic E-state index is -2.25. The second-order valence-corrected chi connectivity index (χ2v) is 2.61. The predicted octanol–water partition coefficient (Wildman–Crippen LogP) is -2.36. The van der Waals surface area contributed by atoms with Crippen LogP contribution in [0.2, 0.25) is 0 Å². The Balaban J connectivity index is 3.02. The molecule has 0 fully saturated rings. The van der Waals surface area contributed by atoms with Gasteiger partial charge in [-0.25, -0.2) is 0 Å². The number of nitrogens with two attached hydrogens (primary N) is 4. The summed E-state index contributed by atoms with van der Waals surface area (Å²) in [6.07, 6.45) is 0. The van der Waals surface area contributed by atoms with E-state index < -0.39 is 13.2 Å². The van der Waals surface area contributed by atoms with Crippen molar-refractivity contribution in [1.29, 1.82) is 0 Å². The molecule has 0 radical (unpaired) electrons. The van der Waals surface area contributed by atoms with E-state index in [0.717, 1.165) is 0 Å². The van der Waals surface area contributed by atoms with Gasteiger partial charge in [0.1, 0.15) is 0 Å². The van der Waals surface area contributed by atoms with Crippen LogP contribution in [-0.2, 0) is 13.2 Å². The Hall–Kier alpha value is 0.334. The number of rotatable bonds is 0. The van der Waals surface area contributed by atoms with E-state index in [0.29, 0.717) is 0 Å². The topological polar surface area (TPSA) is 104 Å². The third-order valence-corrected chi connectivity index (χ3v) is 0. The molecule has 5 heavy (non-hydrogen) atoms. The Bertz CT molecular complexity index is 19.1. The van der Waals surface area contributed by atoms with Crippen molar-refractivity contribution < 1.29 is 13.2 Å². The van der Waals surface area contributed by atoms with Gasteiger partial charge in [0.15, 0.2) is 0 Å². The predicted molar refractivity (Wildman–Crippen MR) is 16.7 cm³/mol. The summed E-state index contributed by atoms with van der Waals surface area (Å²) < 4.78 is 0. The van der Waals surface area contributed by atoms with Crippen LogP contribution >= 0.6 is 0 Å². The maximum atomic E-state index is 4.78. The van der Waals surface area contributed by atoms with Gasteiger partial charge in [-0.1, -0.05) is 0 Å². The zero-order valence-corrected chi connectivity index (χ0v) is 3.61. The molecule has 0 saturated heterocycles. The van der Waals surface area contributed by atoms with Crippen LogP contribution in [0.5, 0.6) is 0 Å². The number of hydrogen-bond acceptors (Lipinski definition) is 4. The second-order valence-electron chi connectivity index (χ2n) is 0.632. The Morgan fingerprint density at radius 1 is 0.800 bits per heavy atom. The summed E-state index contributed by atoms with van der Waals surface area (Å²) in [5, 5.41) is 0. The quantitative estimate of drug-likeness (QED) is 0.270. The first-order chi connectivity index (χ1) is 2.00. The molecule has 0 aromatic rings. The summed E-state index contributed by atoms with van der Waals surface area (Å²) in [4.78, 5) is 19.1. The first-order valence-electron chi connectivity index (χ1n) is 0.730. The molecule has 38 valence electrons. The standard InChI is InChI=1S/4H2N.Ni/h4*1H2;/q4*-1;+4. The van der Waals surface area contributed by atoms with Crippen LogP contribution < -0.4 is 19.3 Å². The van der Waals surface area contributed by atoms with Crippen molar-refractivity contribution in [2.45, 2.75) is 0 Å². The van der Waals surface area contributed by atoms with Crippen LogP contribution in [0.25, 0.3) is 0 Å². The van der Waals surface area contributed by atoms with Crippen LogP contribution in [0.1, 0.15) is 0 Å². The van der Waals surface area contributed by atoms with Gasteiger partial charge >= 0.3 is 32.5 Å². The van der Waals surface area contributed by atoms with Gasteiger partial charge in [-0.05, 0) is 0 Å². The molecule has 0 atom stereocenters. The molecule has 0 bridgehead atoms. The van der Waals surface area contributed by atoms with Gasteiger partial charge in [0.2, 0.25) is 0 Å². The van der Waals surface area contributed by atoms with Gasteiger partial charge < -0.3 is 0 Å². The van der Waals surface area contributed by atoms with E-state index in [9.17, 15) is 0 Å². The summed E-state index contributed by atoms with van der Waals surface area (Å²) >= 11 is -2.25. The molecule has 0 heterocycles. The second kappa shape index (κ2) is 1.20. The summed E-state index contributed by atoms with van der Waals surface area (Å²) in [6.45, 7) is 0. The molecule has 4 nitrogen and oxygen atoms in total. The first-order valence-corrected chi connectivity index (χ1v) is 3.01. The van der Waals surface area contributed by atoms with Crippen molar-refractivity contribution in [1.82, 2.24) is 0 Å². The molecule has 0 unspecified atom stereocenters. The van der Waals surface area contributed by atoms with E-state index in [1.807, 2.05) is 0 Å². The van der Waals surface area contributed by atoms with E-state index in [2.05, 4.69) is 0 Å². The molecular weight excluding hydrogens is 115 g/mol. The Morgan fingerprint density at radius 3 is 0.800 bits per heavy atom. The Morgan fingerprint density at radius 2 is 0.800 bits per heavy atom. The van der Waals surface area contributed by atoms with Gasteiger partial charge in [-0.3, -0.25) is 0 Å². The zero-order chi connectivity index (χ0) is 4.50. The SMILES string of the molecule is [NH2][Ni]([NH2])([NH2])[NH2]. The van der Waals surface area contributed by atoms with Crippen LogP contribution in [0.4, 0.5) is 0 Å². The summed E-state index contributed by atoms with van der Waals surface area (Å²) in [5.74, 6) is 0. The van der Waals surface area contributed by atoms with Gasteiger partial charge in [-0.2, -0.15) is 0 Å². The third-order valence-electron chi connectivity index (χ3n) is 0.